The molecule has 70 valence electrons. The monoisotopic (exact) mass is 236 g/mol. The molecule has 1 aromatic rings. The molecule has 13 heavy (non-hydrogen) atoms. The maximum absolute atomic E-state index is 10.7. The first-order valence-electron chi connectivity index (χ1n) is 3.59. The molecule has 0 aliphatic carbocycles. The van der Waals surface area contributed by atoms with Gasteiger partial charge in [-0.3, -0.25) is 4.79 Å². The molecule has 0 saturated carbocycles. The summed E-state index contributed by atoms with van der Waals surface area (Å²) in [4.78, 5) is 10.7. The number of carbonyl (C=O) groups is 1. The summed E-state index contributed by atoms with van der Waals surface area (Å²) in [5.74, 6) is 0. The quantitative estimate of drug-likeness (QED) is 0.531. The van der Waals surface area contributed by atoms with E-state index in [9.17, 15) is 4.79 Å². The molecule has 1 rings (SSSR count). The molecule has 0 spiro atoms. The van der Waals surface area contributed by atoms with Gasteiger partial charge in [-0.25, -0.2) is 0 Å². The van der Waals surface area contributed by atoms with E-state index < -0.39 is 0 Å². The molecule has 0 amide bonds. The fraction of sp³-hybridized carbons (Fsp3) is 0.222. The zero-order valence-electron chi connectivity index (χ0n) is 7.12. The number of halogens is 3. The summed E-state index contributed by atoms with van der Waals surface area (Å²) >= 11 is 17.7. The highest BCUT2D eigenvalue weighted by Gasteiger charge is 2.15. The molecule has 0 saturated heterocycles. The molecule has 0 atom stereocenters. The smallest absolute Gasteiger partial charge is 0.151 e. The van der Waals surface area contributed by atoms with E-state index in [0.29, 0.717) is 38.0 Å². The van der Waals surface area contributed by atoms with Gasteiger partial charge in [-0.2, -0.15) is 0 Å². The molecule has 0 unspecified atom stereocenters. The molecule has 0 heterocycles. The lowest BCUT2D eigenvalue weighted by Gasteiger charge is -2.10. The summed E-state index contributed by atoms with van der Waals surface area (Å²) < 4.78 is 0. The van der Waals surface area contributed by atoms with Gasteiger partial charge in [-0.05, 0) is 25.0 Å². The van der Waals surface area contributed by atoms with Crippen molar-refractivity contribution < 1.29 is 4.79 Å². The first kappa shape index (κ1) is 10.8. The molecule has 0 radical (unpaired) electrons. The van der Waals surface area contributed by atoms with Crippen molar-refractivity contribution in [3.05, 3.63) is 31.8 Å². The van der Waals surface area contributed by atoms with E-state index in [2.05, 4.69) is 0 Å². The molecule has 0 aromatic heterocycles. The standard InChI is InChI=1S/C9H7Cl3O/c1-4-6(3-13)7(10)5(2)9(12)8(4)11/h3H,1-2H3. The number of hydrogen-bond donors (Lipinski definition) is 0. The minimum absolute atomic E-state index is 0.377. The minimum Gasteiger partial charge on any atom is -0.298 e. The van der Waals surface area contributed by atoms with Crippen LogP contribution in [0.15, 0.2) is 0 Å². The van der Waals surface area contributed by atoms with Crippen LogP contribution in [0.3, 0.4) is 0 Å². The van der Waals surface area contributed by atoms with E-state index >= 15 is 0 Å². The van der Waals surface area contributed by atoms with Crippen molar-refractivity contribution in [1.82, 2.24) is 0 Å². The van der Waals surface area contributed by atoms with Crippen LogP contribution in [-0.2, 0) is 0 Å². The van der Waals surface area contributed by atoms with Crippen LogP contribution in [0.1, 0.15) is 21.5 Å². The molecular weight excluding hydrogens is 230 g/mol. The third kappa shape index (κ3) is 1.69. The molecule has 0 bridgehead atoms. The van der Waals surface area contributed by atoms with Gasteiger partial charge in [0, 0.05) is 5.56 Å². The Bertz CT molecular complexity index is 343. The lowest BCUT2D eigenvalue weighted by atomic mass is 10.1. The van der Waals surface area contributed by atoms with E-state index in [1.807, 2.05) is 0 Å². The number of rotatable bonds is 1. The van der Waals surface area contributed by atoms with Gasteiger partial charge >= 0.3 is 0 Å². The second-order valence-corrected chi connectivity index (χ2v) is 3.86. The minimum atomic E-state index is 0.377. The van der Waals surface area contributed by atoms with Crippen molar-refractivity contribution in [2.24, 2.45) is 0 Å². The summed E-state index contributed by atoms with van der Waals surface area (Å²) in [6, 6.07) is 0. The Hall–Kier alpha value is -0.240. The van der Waals surface area contributed by atoms with Gasteiger partial charge in [-0.15, -0.1) is 0 Å². The van der Waals surface area contributed by atoms with Gasteiger partial charge in [0.05, 0.1) is 15.1 Å². The first-order valence-corrected chi connectivity index (χ1v) is 4.73. The molecule has 1 aromatic carbocycles. The fourth-order valence-corrected chi connectivity index (χ4v) is 1.86. The predicted octanol–water partition coefficient (Wildman–Crippen LogP) is 4.08. The molecule has 0 aliphatic rings. The van der Waals surface area contributed by atoms with Gasteiger partial charge < -0.3 is 0 Å². The normalized spacial score (nSPS) is 10.2. The molecule has 1 nitrogen and oxygen atoms in total. The predicted molar refractivity (Wildman–Crippen MR) is 56.3 cm³/mol. The van der Waals surface area contributed by atoms with E-state index in [0.717, 1.165) is 0 Å². The highest BCUT2D eigenvalue weighted by atomic mass is 35.5. The van der Waals surface area contributed by atoms with Gasteiger partial charge in [0.25, 0.3) is 0 Å². The van der Waals surface area contributed by atoms with Crippen LogP contribution in [0.2, 0.25) is 15.1 Å². The molecule has 0 N–H and O–H groups in total. The zero-order chi connectivity index (χ0) is 10.2. The van der Waals surface area contributed by atoms with Crippen molar-refractivity contribution in [2.75, 3.05) is 0 Å². The van der Waals surface area contributed by atoms with E-state index in [-0.39, 0.29) is 0 Å². The Balaban J connectivity index is 3.66. The lowest BCUT2D eigenvalue weighted by Crippen LogP contribution is -1.93. The van der Waals surface area contributed by atoms with E-state index in [1.165, 1.54) is 0 Å². The summed E-state index contributed by atoms with van der Waals surface area (Å²) in [5.41, 5.74) is 1.67. The summed E-state index contributed by atoms with van der Waals surface area (Å²) in [7, 11) is 0. The van der Waals surface area contributed by atoms with Crippen LogP contribution in [-0.4, -0.2) is 6.29 Å². The van der Waals surface area contributed by atoms with Crippen molar-refractivity contribution in [3.63, 3.8) is 0 Å². The highest BCUT2D eigenvalue weighted by Crippen LogP contribution is 2.36. The van der Waals surface area contributed by atoms with E-state index in [4.69, 9.17) is 34.8 Å². The Morgan fingerprint density at radius 1 is 0.923 bits per heavy atom. The molecule has 0 fully saturated rings. The fourth-order valence-electron chi connectivity index (χ4n) is 1.05. The van der Waals surface area contributed by atoms with Gasteiger partial charge in [-0.1, -0.05) is 34.8 Å². The lowest BCUT2D eigenvalue weighted by molar-refractivity contribution is 0.112. The number of carbonyl (C=O) groups excluding carboxylic acids is 1. The van der Waals surface area contributed by atoms with Crippen LogP contribution >= 0.6 is 34.8 Å². The number of benzene rings is 1. The van der Waals surface area contributed by atoms with E-state index in [1.54, 1.807) is 13.8 Å². The topological polar surface area (TPSA) is 17.1 Å². The maximum Gasteiger partial charge on any atom is 0.151 e. The van der Waals surface area contributed by atoms with Crippen molar-refractivity contribution in [1.29, 1.82) is 0 Å². The van der Waals surface area contributed by atoms with Crippen LogP contribution in [0.4, 0.5) is 0 Å². The number of aldehydes is 1. The largest absolute Gasteiger partial charge is 0.298 e. The molecule has 4 heteroatoms. The Morgan fingerprint density at radius 3 is 1.85 bits per heavy atom. The van der Waals surface area contributed by atoms with Crippen molar-refractivity contribution >= 4 is 41.1 Å². The van der Waals surface area contributed by atoms with Crippen LogP contribution < -0.4 is 0 Å². The summed E-state index contributed by atoms with van der Waals surface area (Å²) in [6.07, 6.45) is 0.687. The SMILES string of the molecule is Cc1c(Cl)c(Cl)c(C)c(C=O)c1Cl. The Morgan fingerprint density at radius 2 is 1.38 bits per heavy atom. The number of hydrogen-bond acceptors (Lipinski definition) is 1. The second-order valence-electron chi connectivity index (χ2n) is 2.72. The molecular formula is C9H7Cl3O. The average Bonchev–Trinajstić information content (AvgIpc) is 2.13. The zero-order valence-corrected chi connectivity index (χ0v) is 9.39. The third-order valence-corrected chi connectivity index (χ3v) is 3.47. The molecule has 0 aliphatic heterocycles. The second kappa shape index (κ2) is 3.87. The van der Waals surface area contributed by atoms with Gasteiger partial charge in [0.15, 0.2) is 6.29 Å². The van der Waals surface area contributed by atoms with Gasteiger partial charge in [0.2, 0.25) is 0 Å². The van der Waals surface area contributed by atoms with Gasteiger partial charge in [0.1, 0.15) is 0 Å². The van der Waals surface area contributed by atoms with Crippen LogP contribution in [0, 0.1) is 13.8 Å². The Kier molecular flexibility index (Phi) is 3.23. The summed E-state index contributed by atoms with van der Waals surface area (Å²) in [5, 5.41) is 1.18. The van der Waals surface area contributed by atoms with Crippen molar-refractivity contribution in [3.8, 4) is 0 Å². The first-order chi connectivity index (χ1) is 6.00. The third-order valence-electron chi connectivity index (χ3n) is 1.94. The highest BCUT2D eigenvalue weighted by molar-refractivity contribution is 6.45. The van der Waals surface area contributed by atoms with Crippen LogP contribution in [0.25, 0.3) is 0 Å². The average molecular weight is 238 g/mol. The van der Waals surface area contributed by atoms with Crippen LogP contribution in [0.5, 0.6) is 0 Å². The van der Waals surface area contributed by atoms with Crippen molar-refractivity contribution in [2.45, 2.75) is 13.8 Å². The Labute approximate surface area is 91.6 Å². The maximum atomic E-state index is 10.7. The summed E-state index contributed by atoms with van der Waals surface area (Å²) in [6.45, 7) is 3.44.